The minimum absolute atomic E-state index is 0.0163. The maximum atomic E-state index is 14.4. The van der Waals surface area contributed by atoms with E-state index in [0.717, 1.165) is 172 Å². The summed E-state index contributed by atoms with van der Waals surface area (Å²) >= 11 is 0. The maximum Gasteiger partial charge on any atom is 0.123 e. The molecular weight excluding hydrogens is 1070 g/mol. The summed E-state index contributed by atoms with van der Waals surface area (Å²) in [7, 11) is 0. The van der Waals surface area contributed by atoms with E-state index >= 15 is 0 Å². The van der Waals surface area contributed by atoms with E-state index in [9.17, 15) is 20.4 Å². The van der Waals surface area contributed by atoms with Gasteiger partial charge in [-0.25, -0.2) is 0 Å². The monoisotopic (exact) mass is 1160 g/mol. The van der Waals surface area contributed by atoms with Gasteiger partial charge < -0.3 is 49.7 Å². The van der Waals surface area contributed by atoms with Gasteiger partial charge in [0.2, 0.25) is 0 Å². The average molecular weight is 1160 g/mol. The van der Waals surface area contributed by atoms with Gasteiger partial charge in [-0.3, -0.25) is 19.8 Å². The molecule has 0 radical (unpaired) electrons. The standard InChI is InChI=1S/C72H90N8O6/c81-58-22-17-37-79-40-29-61(58)86-72-32-23-60(85-47-69-46-78-36-16-8-3-1-5-13-30-70(83,66(69)79)42-53(55(69)27-39-78)63-65-51(25-34-74-63)49-19-10-12-21-57(49)76-65)59(82)28-41-80(72)67-68(44-72)45-77-35-15-7-4-2-6-14-31-71(67,84)43-52(54(68)26-38-77)62-64-50(24-33-73-62)48-18-9-11-20-56(48)75-64/h1-2,5-6,9-12,18-21,24-25,33-34,42-43,54-55,58-61,66-67,75-76,81-84H,3-4,7-8,13-17,22-23,26-32,35-41,44-47H2/b5-1-,6-2-/t54-,55-,58?,59-,60-,61?,66-,67+,68-,69+,70-,71-,72+/m0/s1. The maximum absolute atomic E-state index is 14.4. The molecule has 0 amide bonds. The van der Waals surface area contributed by atoms with Gasteiger partial charge in [0.25, 0.3) is 0 Å². The number of pyridine rings is 2. The van der Waals surface area contributed by atoms with E-state index in [1.165, 1.54) is 10.8 Å². The van der Waals surface area contributed by atoms with E-state index in [4.69, 9.17) is 19.4 Å². The van der Waals surface area contributed by atoms with E-state index < -0.39 is 52.2 Å². The van der Waals surface area contributed by atoms with Gasteiger partial charge in [-0.2, -0.15) is 0 Å². The van der Waals surface area contributed by atoms with E-state index in [1.54, 1.807) is 0 Å². The second-order valence-corrected chi connectivity index (χ2v) is 28.5. The average Bonchev–Trinajstić information content (AvgIpc) is 1.41. The highest BCUT2D eigenvalue weighted by atomic mass is 16.5. The van der Waals surface area contributed by atoms with E-state index in [1.807, 2.05) is 12.4 Å². The topological polar surface area (TPSA) is 170 Å². The number of benzene rings is 2. The molecule has 6 saturated heterocycles. The summed E-state index contributed by atoms with van der Waals surface area (Å²) in [4.78, 5) is 28.9. The van der Waals surface area contributed by atoms with Gasteiger partial charge in [0, 0.05) is 82.0 Å². The molecule has 0 saturated carbocycles. The minimum atomic E-state index is -1.29. The van der Waals surface area contributed by atoms with Crippen LogP contribution in [0.5, 0.6) is 0 Å². The van der Waals surface area contributed by atoms with Gasteiger partial charge in [-0.15, -0.1) is 0 Å². The van der Waals surface area contributed by atoms with Crippen LogP contribution in [0.25, 0.3) is 54.8 Å². The zero-order valence-corrected chi connectivity index (χ0v) is 50.3. The number of para-hydroxylation sites is 2. The number of H-pyrrole nitrogens is 2. The molecule has 12 heterocycles. The second-order valence-electron chi connectivity index (χ2n) is 28.5. The largest absolute Gasteiger partial charge is 0.390 e. The molecule has 6 N–H and O–H groups in total. The van der Waals surface area contributed by atoms with Crippen molar-refractivity contribution < 1.29 is 29.9 Å². The lowest BCUT2D eigenvalue weighted by Crippen LogP contribution is -2.71. The Balaban J connectivity index is 0.847. The number of aromatic nitrogens is 4. The van der Waals surface area contributed by atoms with Crippen LogP contribution in [0.15, 0.2) is 110 Å². The summed E-state index contributed by atoms with van der Waals surface area (Å²) < 4.78 is 15.9. The first-order valence-corrected chi connectivity index (χ1v) is 33.6. The zero-order valence-electron chi connectivity index (χ0n) is 50.3. The Morgan fingerprint density at radius 2 is 1.09 bits per heavy atom. The molecule has 5 unspecified atom stereocenters. The van der Waals surface area contributed by atoms with Crippen LogP contribution in [-0.4, -0.2) is 179 Å². The fraction of sp³-hybridized carbons (Fsp3) is 0.583. The van der Waals surface area contributed by atoms with Gasteiger partial charge in [0.1, 0.15) is 5.72 Å². The van der Waals surface area contributed by atoms with Gasteiger partial charge in [-0.1, -0.05) is 60.7 Å². The molecule has 16 atom stereocenters. The SMILES string of the molecule is OC1CCCN2CCC1O[C@@]13CC[C@H](OC[C@]45CN6CCCC/C=C\CC[C@](O)(C=C(c7nccc8c7[nH]c7ccccc78)[C@@H]4CC6)[C@@H]25)[C@@H](O)CCN1[C@@H]1[C@]2(CN4CCCC/C=C\CC[C@]1(O)C=C(c1nccc5c1[nH]c1ccccc15)[C@@H]2CC4)C3. The Morgan fingerprint density at radius 1 is 0.512 bits per heavy atom. The third-order valence-corrected chi connectivity index (χ3v) is 23.6. The Labute approximate surface area is 506 Å². The van der Waals surface area contributed by atoms with Crippen molar-refractivity contribution in [2.24, 2.45) is 22.7 Å². The van der Waals surface area contributed by atoms with Crippen LogP contribution in [0, 0.1) is 22.7 Å². The van der Waals surface area contributed by atoms with Crippen LogP contribution in [-0.2, 0) is 9.47 Å². The predicted molar refractivity (Wildman–Crippen MR) is 339 cm³/mol. The first kappa shape index (κ1) is 56.2. The van der Waals surface area contributed by atoms with Crippen molar-refractivity contribution in [3.05, 3.63) is 121 Å². The molecule has 14 heteroatoms. The minimum Gasteiger partial charge on any atom is -0.390 e. The first-order valence-electron chi connectivity index (χ1n) is 33.6. The summed E-state index contributed by atoms with van der Waals surface area (Å²) in [5.74, 6) is 0.0323. The third kappa shape index (κ3) is 9.22. The molecule has 10 bridgehead atoms. The van der Waals surface area contributed by atoms with E-state index in [0.29, 0.717) is 71.1 Å². The number of fused-ring (bicyclic) bond motifs is 13. The highest BCUT2D eigenvalue weighted by Gasteiger charge is 2.72. The van der Waals surface area contributed by atoms with Crippen molar-refractivity contribution >= 4 is 54.8 Å². The fourth-order valence-corrected chi connectivity index (χ4v) is 20.1. The lowest BCUT2D eigenvalue weighted by molar-refractivity contribution is -0.227. The smallest absolute Gasteiger partial charge is 0.123 e. The van der Waals surface area contributed by atoms with Crippen molar-refractivity contribution in [3.63, 3.8) is 0 Å². The fourth-order valence-electron chi connectivity index (χ4n) is 20.1. The lowest BCUT2D eigenvalue weighted by Gasteiger charge is -2.62. The van der Waals surface area contributed by atoms with Gasteiger partial charge in [0.15, 0.2) is 0 Å². The Hall–Kier alpha value is -5.10. The van der Waals surface area contributed by atoms with Crippen LogP contribution in [0.4, 0.5) is 0 Å². The molecule has 454 valence electrons. The molecule has 86 heavy (non-hydrogen) atoms. The molecule has 14 nitrogen and oxygen atoms in total. The van der Waals surface area contributed by atoms with Gasteiger partial charge in [-0.05, 0) is 214 Å². The van der Waals surface area contributed by atoms with Gasteiger partial charge >= 0.3 is 0 Å². The first-order chi connectivity index (χ1) is 42.1. The van der Waals surface area contributed by atoms with E-state index in [2.05, 4.69) is 127 Å². The number of allylic oxidation sites excluding steroid dienone is 6. The number of hydrogen-bond acceptors (Lipinski definition) is 12. The summed E-state index contributed by atoms with van der Waals surface area (Å²) in [5, 5.41) is 59.3. The Kier molecular flexibility index (Phi) is 14.5. The molecule has 16 rings (SSSR count). The van der Waals surface area contributed by atoms with Crippen molar-refractivity contribution in [1.82, 2.24) is 39.5 Å². The van der Waals surface area contributed by atoms with Crippen molar-refractivity contribution in [2.45, 2.75) is 175 Å². The van der Waals surface area contributed by atoms with Crippen LogP contribution >= 0.6 is 0 Å². The number of aromatic amines is 2. The van der Waals surface area contributed by atoms with Crippen LogP contribution in [0.1, 0.15) is 133 Å². The van der Waals surface area contributed by atoms with E-state index in [-0.39, 0.29) is 23.9 Å². The molecule has 10 aliphatic rings. The number of aliphatic hydroxyl groups excluding tert-OH is 2. The molecule has 4 aromatic heterocycles. The number of ether oxygens (including phenoxy) is 2. The highest BCUT2D eigenvalue weighted by Crippen LogP contribution is 2.66. The number of hydrogen-bond donors (Lipinski definition) is 6. The van der Waals surface area contributed by atoms with Crippen molar-refractivity contribution in [1.29, 1.82) is 0 Å². The molecular formula is C72H90N8O6. The molecule has 6 aromatic rings. The van der Waals surface area contributed by atoms with Crippen LogP contribution < -0.4 is 0 Å². The number of aliphatic hydroxyl groups is 4. The molecule has 2 aliphatic carbocycles. The molecule has 6 fully saturated rings. The Morgan fingerprint density at radius 3 is 1.74 bits per heavy atom. The molecule has 2 aromatic carbocycles. The highest BCUT2D eigenvalue weighted by molar-refractivity contribution is 6.11. The van der Waals surface area contributed by atoms with Gasteiger partial charge in [0.05, 0.1) is 76.7 Å². The van der Waals surface area contributed by atoms with Crippen LogP contribution in [0.2, 0.25) is 0 Å². The summed E-state index contributed by atoms with van der Waals surface area (Å²) in [6, 6.07) is 20.7. The number of rotatable bonds is 2. The lowest BCUT2D eigenvalue weighted by atomic mass is 9.54. The second kappa shape index (κ2) is 22.1. The van der Waals surface area contributed by atoms with Crippen LogP contribution in [0.3, 0.4) is 0 Å². The molecule has 8 aliphatic heterocycles. The third-order valence-electron chi connectivity index (χ3n) is 23.6. The summed E-state index contributed by atoms with van der Waals surface area (Å²) in [6.45, 7) is 7.67. The number of nitrogens with zero attached hydrogens (tertiary/aromatic N) is 6. The summed E-state index contributed by atoms with van der Waals surface area (Å²) in [5.41, 5.74) is 3.68. The summed E-state index contributed by atoms with van der Waals surface area (Å²) in [6.07, 6.45) is 30.2. The Bertz CT molecular complexity index is 3650. The quantitative estimate of drug-likeness (QED) is 0.0909. The number of piperidine rings is 2. The predicted octanol–water partition coefficient (Wildman–Crippen LogP) is 10.7. The normalized spacial score (nSPS) is 40.7. The molecule has 3 spiro atoms. The zero-order chi connectivity index (χ0) is 57.8. The van der Waals surface area contributed by atoms with Crippen molar-refractivity contribution in [3.8, 4) is 0 Å². The number of nitrogens with one attached hydrogen (secondary N) is 2. The van der Waals surface area contributed by atoms with Crippen molar-refractivity contribution in [2.75, 3.05) is 65.5 Å².